The van der Waals surface area contributed by atoms with Crippen LogP contribution in [0.25, 0.3) is 0 Å². The SMILES string of the molecule is COc1cccc(NCC(=O)N/N=C\c2ccc([C@H]3C[C@@H]3C)o2)c1. The van der Waals surface area contributed by atoms with Crippen LogP contribution in [0, 0.1) is 5.92 Å². The molecule has 1 aliphatic carbocycles. The highest BCUT2D eigenvalue weighted by molar-refractivity contribution is 5.83. The van der Waals surface area contributed by atoms with Gasteiger partial charge >= 0.3 is 0 Å². The van der Waals surface area contributed by atoms with E-state index in [1.165, 1.54) is 12.6 Å². The lowest BCUT2D eigenvalue weighted by Gasteiger charge is -2.06. The first-order valence-electron chi connectivity index (χ1n) is 7.95. The quantitative estimate of drug-likeness (QED) is 0.605. The van der Waals surface area contributed by atoms with Gasteiger partial charge < -0.3 is 14.5 Å². The maximum atomic E-state index is 11.8. The molecule has 2 atom stereocenters. The van der Waals surface area contributed by atoms with Crippen molar-refractivity contribution in [1.29, 1.82) is 0 Å². The normalized spacial score (nSPS) is 19.2. The van der Waals surface area contributed by atoms with Crippen LogP contribution in [0.15, 0.2) is 45.9 Å². The highest BCUT2D eigenvalue weighted by Crippen LogP contribution is 2.47. The molecule has 0 spiro atoms. The van der Waals surface area contributed by atoms with Gasteiger partial charge in [0.15, 0.2) is 0 Å². The van der Waals surface area contributed by atoms with E-state index >= 15 is 0 Å². The Morgan fingerprint density at radius 3 is 3.00 bits per heavy atom. The topological polar surface area (TPSA) is 75.9 Å². The van der Waals surface area contributed by atoms with Gasteiger partial charge in [-0.3, -0.25) is 4.79 Å². The molecule has 0 radical (unpaired) electrons. The van der Waals surface area contributed by atoms with Gasteiger partial charge in [0.25, 0.3) is 5.91 Å². The molecule has 0 aliphatic heterocycles. The maximum absolute atomic E-state index is 11.8. The van der Waals surface area contributed by atoms with Crippen molar-refractivity contribution in [2.24, 2.45) is 11.0 Å². The van der Waals surface area contributed by atoms with Gasteiger partial charge in [0, 0.05) is 17.7 Å². The van der Waals surface area contributed by atoms with Crippen LogP contribution in [0.4, 0.5) is 5.69 Å². The van der Waals surface area contributed by atoms with E-state index in [9.17, 15) is 4.79 Å². The minimum absolute atomic E-state index is 0.119. The van der Waals surface area contributed by atoms with Gasteiger partial charge in [-0.15, -0.1) is 0 Å². The minimum Gasteiger partial charge on any atom is -0.497 e. The number of furan rings is 1. The summed E-state index contributed by atoms with van der Waals surface area (Å²) in [7, 11) is 1.60. The molecule has 1 amide bonds. The zero-order valence-corrected chi connectivity index (χ0v) is 13.8. The molecule has 2 aromatic rings. The second-order valence-corrected chi connectivity index (χ2v) is 5.94. The van der Waals surface area contributed by atoms with E-state index in [0.29, 0.717) is 17.6 Å². The molecule has 1 aliphatic rings. The number of ether oxygens (including phenoxy) is 1. The molecule has 6 heteroatoms. The summed E-state index contributed by atoms with van der Waals surface area (Å²) in [6.45, 7) is 2.32. The van der Waals surface area contributed by atoms with Crippen molar-refractivity contribution in [1.82, 2.24) is 5.43 Å². The number of rotatable bonds is 7. The first-order chi connectivity index (χ1) is 11.7. The van der Waals surface area contributed by atoms with Crippen LogP contribution in [0.5, 0.6) is 5.75 Å². The van der Waals surface area contributed by atoms with Crippen LogP contribution in [-0.2, 0) is 4.79 Å². The zero-order valence-electron chi connectivity index (χ0n) is 13.8. The number of benzene rings is 1. The maximum Gasteiger partial charge on any atom is 0.259 e. The smallest absolute Gasteiger partial charge is 0.259 e. The summed E-state index contributed by atoms with van der Waals surface area (Å²) < 4.78 is 10.8. The first-order valence-corrected chi connectivity index (χ1v) is 7.95. The number of hydrogen-bond acceptors (Lipinski definition) is 5. The second kappa shape index (κ2) is 7.21. The number of nitrogens with zero attached hydrogens (tertiary/aromatic N) is 1. The molecule has 1 aromatic carbocycles. The summed E-state index contributed by atoms with van der Waals surface area (Å²) in [4.78, 5) is 11.8. The molecule has 1 aromatic heterocycles. The first kappa shape index (κ1) is 16.1. The van der Waals surface area contributed by atoms with Crippen LogP contribution in [0.3, 0.4) is 0 Å². The van der Waals surface area contributed by atoms with E-state index in [0.717, 1.165) is 17.2 Å². The number of hydrazone groups is 1. The Kier molecular flexibility index (Phi) is 4.84. The minimum atomic E-state index is -0.239. The third kappa shape index (κ3) is 4.16. The van der Waals surface area contributed by atoms with Gasteiger partial charge in [-0.05, 0) is 36.6 Å². The molecule has 1 fully saturated rings. The summed E-state index contributed by atoms with van der Waals surface area (Å²) in [6, 6.07) is 11.2. The average molecular weight is 327 g/mol. The molecular weight excluding hydrogens is 306 g/mol. The summed E-state index contributed by atoms with van der Waals surface area (Å²) in [5.74, 6) is 3.37. The fraction of sp³-hybridized carbons (Fsp3) is 0.333. The second-order valence-electron chi connectivity index (χ2n) is 5.94. The zero-order chi connectivity index (χ0) is 16.9. The lowest BCUT2D eigenvalue weighted by molar-refractivity contribution is -0.119. The van der Waals surface area contributed by atoms with Crippen molar-refractivity contribution in [2.75, 3.05) is 19.0 Å². The molecular formula is C18H21N3O3. The summed E-state index contributed by atoms with van der Waals surface area (Å²) >= 11 is 0. The lowest BCUT2D eigenvalue weighted by Crippen LogP contribution is -2.25. The molecule has 1 heterocycles. The van der Waals surface area contributed by atoms with Crippen LogP contribution < -0.4 is 15.5 Å². The van der Waals surface area contributed by atoms with Gasteiger partial charge in [-0.25, -0.2) is 5.43 Å². The van der Waals surface area contributed by atoms with Crippen LogP contribution in [0.2, 0.25) is 0 Å². The molecule has 1 saturated carbocycles. The molecule has 0 unspecified atom stereocenters. The van der Waals surface area contributed by atoms with Crippen molar-refractivity contribution in [3.63, 3.8) is 0 Å². The predicted molar refractivity (Wildman–Crippen MR) is 92.5 cm³/mol. The number of anilines is 1. The van der Waals surface area contributed by atoms with E-state index in [-0.39, 0.29) is 12.5 Å². The van der Waals surface area contributed by atoms with E-state index in [2.05, 4.69) is 22.8 Å². The van der Waals surface area contributed by atoms with E-state index in [4.69, 9.17) is 9.15 Å². The standard InChI is InChI=1S/C18H21N3O3/c1-12-8-16(12)17-7-6-15(24-17)10-20-21-18(22)11-19-13-4-3-5-14(9-13)23-2/h3-7,9-10,12,16,19H,8,11H2,1-2H3,(H,21,22)/b20-10-/t12-,16-/m0/s1. The van der Waals surface area contributed by atoms with Crippen LogP contribution >= 0.6 is 0 Å². The Morgan fingerprint density at radius 1 is 1.42 bits per heavy atom. The number of hydrogen-bond donors (Lipinski definition) is 2. The fourth-order valence-corrected chi connectivity index (χ4v) is 2.48. The Labute approximate surface area is 140 Å². The molecule has 126 valence electrons. The van der Waals surface area contributed by atoms with Crippen molar-refractivity contribution in [3.05, 3.63) is 47.9 Å². The Bertz CT molecular complexity index is 739. The largest absolute Gasteiger partial charge is 0.497 e. The molecule has 2 N–H and O–H groups in total. The van der Waals surface area contributed by atoms with Crippen LogP contribution in [0.1, 0.15) is 30.8 Å². The van der Waals surface area contributed by atoms with Crippen LogP contribution in [-0.4, -0.2) is 25.8 Å². The lowest BCUT2D eigenvalue weighted by atomic mass is 10.3. The Hall–Kier alpha value is -2.76. The number of nitrogens with one attached hydrogen (secondary N) is 2. The summed E-state index contributed by atoms with van der Waals surface area (Å²) in [5.41, 5.74) is 3.28. The molecule has 3 rings (SSSR count). The molecule has 24 heavy (non-hydrogen) atoms. The fourth-order valence-electron chi connectivity index (χ4n) is 2.48. The monoisotopic (exact) mass is 327 g/mol. The molecule has 6 nitrogen and oxygen atoms in total. The Balaban J connectivity index is 1.44. The average Bonchev–Trinajstić information content (AvgIpc) is 3.14. The van der Waals surface area contributed by atoms with Crippen molar-refractivity contribution in [2.45, 2.75) is 19.3 Å². The van der Waals surface area contributed by atoms with Gasteiger partial charge in [-0.2, -0.15) is 5.10 Å². The molecule has 0 saturated heterocycles. The van der Waals surface area contributed by atoms with Gasteiger partial charge in [-0.1, -0.05) is 13.0 Å². The van der Waals surface area contributed by atoms with E-state index in [1.807, 2.05) is 36.4 Å². The highest BCUT2D eigenvalue weighted by atomic mass is 16.5. The molecule has 0 bridgehead atoms. The van der Waals surface area contributed by atoms with Gasteiger partial charge in [0.1, 0.15) is 17.3 Å². The number of carbonyl (C=O) groups is 1. The summed E-state index contributed by atoms with van der Waals surface area (Å²) in [6.07, 6.45) is 2.69. The van der Waals surface area contributed by atoms with Crippen molar-refractivity contribution >= 4 is 17.8 Å². The van der Waals surface area contributed by atoms with Crippen molar-refractivity contribution < 1.29 is 13.9 Å². The van der Waals surface area contributed by atoms with E-state index in [1.54, 1.807) is 7.11 Å². The summed E-state index contributed by atoms with van der Waals surface area (Å²) in [5, 5.41) is 6.93. The Morgan fingerprint density at radius 2 is 2.25 bits per heavy atom. The van der Waals surface area contributed by atoms with E-state index < -0.39 is 0 Å². The van der Waals surface area contributed by atoms with Gasteiger partial charge in [0.05, 0.1) is 19.9 Å². The third-order valence-electron chi connectivity index (χ3n) is 4.03. The highest BCUT2D eigenvalue weighted by Gasteiger charge is 2.36. The number of amides is 1. The predicted octanol–water partition coefficient (Wildman–Crippen LogP) is 2.97. The number of carbonyl (C=O) groups excluding carboxylic acids is 1. The van der Waals surface area contributed by atoms with Crippen molar-refractivity contribution in [3.8, 4) is 5.75 Å². The third-order valence-corrected chi connectivity index (χ3v) is 4.03. The van der Waals surface area contributed by atoms with Gasteiger partial charge in [0.2, 0.25) is 0 Å². The number of methoxy groups -OCH3 is 1.